The third-order valence-electron chi connectivity index (χ3n) is 2.88. The lowest BCUT2D eigenvalue weighted by Gasteiger charge is -2.18. The second-order valence-corrected chi connectivity index (χ2v) is 11.2. The Bertz CT molecular complexity index is 687. The number of ether oxygens (including phenoxy) is 1. The monoisotopic (exact) mass is 375 g/mol. The van der Waals surface area contributed by atoms with E-state index >= 15 is 0 Å². The van der Waals surface area contributed by atoms with E-state index in [2.05, 4.69) is 40.4 Å². The molecule has 0 heterocycles. The van der Waals surface area contributed by atoms with Gasteiger partial charge in [0.2, 0.25) is 0 Å². The number of rotatable bonds is 5. The van der Waals surface area contributed by atoms with Crippen LogP contribution in [0.5, 0.6) is 11.5 Å². The molecule has 0 saturated heterocycles. The first kappa shape index (κ1) is 16.8. The van der Waals surface area contributed by atoms with Crippen LogP contribution in [0.4, 0.5) is 5.69 Å². The highest BCUT2D eigenvalue weighted by atomic mass is 79.9. The Hall–Kier alpha value is -1.61. The zero-order valence-corrected chi connectivity index (χ0v) is 15.5. The van der Waals surface area contributed by atoms with Gasteiger partial charge in [0.15, 0.2) is 14.0 Å². The van der Waals surface area contributed by atoms with E-state index < -0.39 is 8.32 Å². The molecule has 0 aliphatic rings. The standard InChI is InChI=1S/C17H18BrNO2Si/c1-19-14-5-7-15(8-6-14)21-16-9-10-17(18)13(11-16)12-20-22(2,3)4/h5-11H,12H2,2-4H3. The van der Waals surface area contributed by atoms with Crippen LogP contribution in [0.1, 0.15) is 5.56 Å². The summed E-state index contributed by atoms with van der Waals surface area (Å²) in [5.41, 5.74) is 1.67. The molecule has 0 bridgehead atoms. The van der Waals surface area contributed by atoms with E-state index in [-0.39, 0.29) is 0 Å². The maximum Gasteiger partial charge on any atom is 0.187 e. The number of hydrogen-bond acceptors (Lipinski definition) is 2. The number of halogens is 1. The van der Waals surface area contributed by atoms with Crippen molar-refractivity contribution in [2.75, 3.05) is 0 Å². The number of nitrogens with zero attached hydrogens (tertiary/aromatic N) is 1. The summed E-state index contributed by atoms with van der Waals surface area (Å²) in [6.45, 7) is 14.0. The van der Waals surface area contributed by atoms with Crippen LogP contribution in [0.25, 0.3) is 4.85 Å². The van der Waals surface area contributed by atoms with Crippen molar-refractivity contribution in [2.45, 2.75) is 26.2 Å². The molecule has 3 nitrogen and oxygen atoms in total. The van der Waals surface area contributed by atoms with Gasteiger partial charge in [0.05, 0.1) is 13.2 Å². The maximum atomic E-state index is 6.95. The summed E-state index contributed by atoms with van der Waals surface area (Å²) >= 11 is 3.55. The second kappa shape index (κ2) is 7.10. The summed E-state index contributed by atoms with van der Waals surface area (Å²) in [5, 5.41) is 0. The van der Waals surface area contributed by atoms with Gasteiger partial charge in [-0.1, -0.05) is 28.1 Å². The fourth-order valence-electron chi connectivity index (χ4n) is 1.74. The van der Waals surface area contributed by atoms with E-state index in [0.717, 1.165) is 15.8 Å². The van der Waals surface area contributed by atoms with Gasteiger partial charge in [0.1, 0.15) is 11.5 Å². The van der Waals surface area contributed by atoms with Gasteiger partial charge in [-0.05, 0) is 55.5 Å². The van der Waals surface area contributed by atoms with Crippen molar-refractivity contribution in [2.24, 2.45) is 0 Å². The summed E-state index contributed by atoms with van der Waals surface area (Å²) < 4.78 is 12.8. The predicted molar refractivity (Wildman–Crippen MR) is 95.1 cm³/mol. The van der Waals surface area contributed by atoms with Gasteiger partial charge in [-0.3, -0.25) is 0 Å². The summed E-state index contributed by atoms with van der Waals surface area (Å²) in [7, 11) is -1.55. The van der Waals surface area contributed by atoms with Crippen molar-refractivity contribution in [1.29, 1.82) is 0 Å². The Kier molecular flexibility index (Phi) is 5.41. The van der Waals surface area contributed by atoms with Crippen molar-refractivity contribution in [3.63, 3.8) is 0 Å². The van der Waals surface area contributed by atoms with Crippen LogP contribution in [0.15, 0.2) is 46.9 Å². The van der Waals surface area contributed by atoms with Crippen LogP contribution in [-0.4, -0.2) is 8.32 Å². The Balaban J connectivity index is 2.13. The maximum absolute atomic E-state index is 6.95. The zero-order chi connectivity index (χ0) is 16.2. The highest BCUT2D eigenvalue weighted by Gasteiger charge is 2.15. The normalized spacial score (nSPS) is 11.0. The van der Waals surface area contributed by atoms with E-state index in [1.54, 1.807) is 24.3 Å². The smallest absolute Gasteiger partial charge is 0.187 e. The fraction of sp³-hybridized carbons (Fsp3) is 0.235. The van der Waals surface area contributed by atoms with E-state index in [1.165, 1.54) is 0 Å². The van der Waals surface area contributed by atoms with Crippen molar-refractivity contribution in [1.82, 2.24) is 0 Å². The van der Waals surface area contributed by atoms with Crippen molar-refractivity contribution >= 4 is 29.9 Å². The van der Waals surface area contributed by atoms with Crippen molar-refractivity contribution in [3.8, 4) is 11.5 Å². The molecular formula is C17H18BrNO2Si. The summed E-state index contributed by atoms with van der Waals surface area (Å²) in [4.78, 5) is 3.37. The zero-order valence-electron chi connectivity index (χ0n) is 12.9. The topological polar surface area (TPSA) is 22.8 Å². The van der Waals surface area contributed by atoms with Crippen LogP contribution in [-0.2, 0) is 11.0 Å². The largest absolute Gasteiger partial charge is 0.457 e. The van der Waals surface area contributed by atoms with Crippen molar-refractivity contribution in [3.05, 3.63) is 63.9 Å². The summed E-state index contributed by atoms with van der Waals surface area (Å²) in [6, 6.07) is 12.9. The van der Waals surface area contributed by atoms with Gasteiger partial charge in [0.25, 0.3) is 0 Å². The van der Waals surface area contributed by atoms with Gasteiger partial charge in [-0.2, -0.15) is 0 Å². The van der Waals surface area contributed by atoms with E-state index in [4.69, 9.17) is 15.7 Å². The highest BCUT2D eigenvalue weighted by Crippen LogP contribution is 2.28. The van der Waals surface area contributed by atoms with E-state index in [9.17, 15) is 0 Å². The minimum atomic E-state index is -1.55. The van der Waals surface area contributed by atoms with Gasteiger partial charge in [-0.15, -0.1) is 0 Å². The molecule has 0 aliphatic carbocycles. The lowest BCUT2D eigenvalue weighted by Crippen LogP contribution is -2.24. The molecule has 0 saturated carbocycles. The molecular weight excluding hydrogens is 358 g/mol. The molecule has 5 heteroatoms. The molecule has 2 aromatic rings. The molecule has 114 valence electrons. The molecule has 0 fully saturated rings. The van der Waals surface area contributed by atoms with Crippen LogP contribution in [0.3, 0.4) is 0 Å². The summed E-state index contributed by atoms with van der Waals surface area (Å²) in [6.07, 6.45) is 0. The minimum absolute atomic E-state index is 0.574. The second-order valence-electron chi connectivity index (χ2n) is 5.86. The molecule has 0 N–H and O–H groups in total. The lowest BCUT2D eigenvalue weighted by atomic mass is 10.2. The first-order valence-electron chi connectivity index (χ1n) is 6.95. The third kappa shape index (κ3) is 4.99. The molecule has 22 heavy (non-hydrogen) atoms. The van der Waals surface area contributed by atoms with Gasteiger partial charge >= 0.3 is 0 Å². The molecule has 0 aliphatic heterocycles. The lowest BCUT2D eigenvalue weighted by molar-refractivity contribution is 0.298. The van der Waals surface area contributed by atoms with Crippen LogP contribution in [0.2, 0.25) is 19.6 Å². The minimum Gasteiger partial charge on any atom is -0.457 e. The van der Waals surface area contributed by atoms with Gasteiger partial charge in [0, 0.05) is 4.47 Å². The fourth-order valence-corrected chi connectivity index (χ4v) is 2.69. The van der Waals surface area contributed by atoms with Crippen molar-refractivity contribution < 1.29 is 9.16 Å². The van der Waals surface area contributed by atoms with Gasteiger partial charge < -0.3 is 9.16 Å². The van der Waals surface area contributed by atoms with Gasteiger partial charge in [-0.25, -0.2) is 4.85 Å². The Morgan fingerprint density at radius 1 is 1.05 bits per heavy atom. The first-order valence-corrected chi connectivity index (χ1v) is 11.2. The van der Waals surface area contributed by atoms with Crippen LogP contribution < -0.4 is 4.74 Å². The third-order valence-corrected chi connectivity index (χ3v) is 4.66. The van der Waals surface area contributed by atoms with Crippen LogP contribution >= 0.6 is 15.9 Å². The molecule has 2 rings (SSSR count). The molecule has 0 radical (unpaired) electrons. The quantitative estimate of drug-likeness (QED) is 0.462. The molecule has 0 amide bonds. The molecule has 0 atom stereocenters. The molecule has 0 spiro atoms. The predicted octanol–water partition coefficient (Wildman–Crippen LogP) is 6.14. The Morgan fingerprint density at radius 3 is 2.27 bits per heavy atom. The highest BCUT2D eigenvalue weighted by molar-refractivity contribution is 9.10. The SMILES string of the molecule is [C-]#[N+]c1ccc(Oc2ccc(Br)c(CO[Si](C)(C)C)c2)cc1. The summed E-state index contributed by atoms with van der Waals surface area (Å²) in [5.74, 6) is 1.47. The molecule has 0 unspecified atom stereocenters. The Labute approximate surface area is 141 Å². The first-order chi connectivity index (χ1) is 10.4. The average molecular weight is 376 g/mol. The molecule has 2 aromatic carbocycles. The molecule has 0 aromatic heterocycles. The number of benzene rings is 2. The Morgan fingerprint density at radius 2 is 1.68 bits per heavy atom. The van der Waals surface area contributed by atoms with E-state index in [1.807, 2.05) is 18.2 Å². The van der Waals surface area contributed by atoms with E-state index in [0.29, 0.717) is 18.0 Å². The van der Waals surface area contributed by atoms with Crippen LogP contribution in [0, 0.1) is 6.57 Å². The average Bonchev–Trinajstić information content (AvgIpc) is 2.48. The number of hydrogen-bond donors (Lipinski definition) is 0.